The van der Waals surface area contributed by atoms with Gasteiger partial charge in [-0.05, 0) is 32.0 Å². The molecule has 0 atom stereocenters. The third kappa shape index (κ3) is 5.33. The van der Waals surface area contributed by atoms with Crippen LogP contribution >= 0.6 is 0 Å². The minimum Gasteiger partial charge on any atom is -0.504 e. The van der Waals surface area contributed by atoms with Crippen LogP contribution in [0, 0.1) is 0 Å². The number of ether oxygens (including phenoxy) is 1. The standard InChI is InChI=1S/C8H8O3.C3H9NO/c1-11-8-4-6(5-9)2-3-7(8)10;1-3(2)4-5/h2-5,10H,1H3;3-5H,1-2H3. The summed E-state index contributed by atoms with van der Waals surface area (Å²) in [5.74, 6) is 0.354. The molecule has 1 rings (SSSR count). The lowest BCUT2D eigenvalue weighted by Crippen LogP contribution is -2.16. The van der Waals surface area contributed by atoms with Crippen molar-refractivity contribution in [2.45, 2.75) is 19.9 Å². The highest BCUT2D eigenvalue weighted by Gasteiger charge is 2.00. The van der Waals surface area contributed by atoms with E-state index in [1.807, 2.05) is 19.3 Å². The summed E-state index contributed by atoms with van der Waals surface area (Å²) in [6, 6.07) is 4.60. The van der Waals surface area contributed by atoms with Crippen molar-refractivity contribution in [2.75, 3.05) is 7.11 Å². The molecule has 0 fully saturated rings. The van der Waals surface area contributed by atoms with E-state index in [0.29, 0.717) is 17.6 Å². The Labute approximate surface area is 94.6 Å². The Morgan fingerprint density at radius 2 is 2.00 bits per heavy atom. The van der Waals surface area contributed by atoms with Crippen molar-refractivity contribution in [3.8, 4) is 11.5 Å². The van der Waals surface area contributed by atoms with Crippen LogP contribution in [-0.4, -0.2) is 29.8 Å². The van der Waals surface area contributed by atoms with Crippen molar-refractivity contribution in [2.24, 2.45) is 0 Å². The SMILES string of the molecule is CC(C)NO.COc1cc(C=O)ccc1O. The summed E-state index contributed by atoms with van der Waals surface area (Å²) < 4.78 is 4.78. The molecule has 0 saturated heterocycles. The number of benzene rings is 1. The van der Waals surface area contributed by atoms with Crippen LogP contribution in [0.3, 0.4) is 0 Å². The summed E-state index contributed by atoms with van der Waals surface area (Å²) >= 11 is 0. The number of phenols is 1. The lowest BCUT2D eigenvalue weighted by molar-refractivity contribution is 0.112. The molecule has 5 heteroatoms. The van der Waals surface area contributed by atoms with E-state index in [2.05, 4.69) is 0 Å². The van der Waals surface area contributed by atoms with Crippen LogP contribution in [0.4, 0.5) is 0 Å². The minimum atomic E-state index is 0.0399. The molecule has 0 aliphatic heterocycles. The smallest absolute Gasteiger partial charge is 0.161 e. The van der Waals surface area contributed by atoms with Crippen molar-refractivity contribution in [1.29, 1.82) is 0 Å². The van der Waals surface area contributed by atoms with Gasteiger partial charge in [0.05, 0.1) is 7.11 Å². The van der Waals surface area contributed by atoms with Crippen molar-refractivity contribution in [1.82, 2.24) is 5.48 Å². The molecule has 1 aromatic carbocycles. The topological polar surface area (TPSA) is 78.8 Å². The number of aldehydes is 1. The average Bonchev–Trinajstić information content (AvgIpc) is 2.30. The number of rotatable bonds is 3. The largest absolute Gasteiger partial charge is 0.504 e. The number of aromatic hydroxyl groups is 1. The van der Waals surface area contributed by atoms with Gasteiger partial charge in [0.2, 0.25) is 0 Å². The van der Waals surface area contributed by atoms with E-state index >= 15 is 0 Å². The first-order chi connectivity index (χ1) is 7.54. The molecule has 0 aliphatic rings. The number of nitrogens with one attached hydrogen (secondary N) is 1. The Hall–Kier alpha value is -1.59. The van der Waals surface area contributed by atoms with Gasteiger partial charge in [-0.1, -0.05) is 0 Å². The van der Waals surface area contributed by atoms with Crippen LogP contribution < -0.4 is 10.2 Å². The lowest BCUT2D eigenvalue weighted by Gasteiger charge is -2.01. The quantitative estimate of drug-likeness (QED) is 0.540. The van der Waals surface area contributed by atoms with Crippen LogP contribution in [0.25, 0.3) is 0 Å². The fourth-order valence-corrected chi connectivity index (χ4v) is 0.768. The molecule has 16 heavy (non-hydrogen) atoms. The maximum absolute atomic E-state index is 10.2. The Morgan fingerprint density at radius 3 is 2.38 bits per heavy atom. The number of hydrogen-bond donors (Lipinski definition) is 3. The molecule has 90 valence electrons. The summed E-state index contributed by atoms with van der Waals surface area (Å²) in [4.78, 5) is 10.2. The van der Waals surface area contributed by atoms with Gasteiger partial charge in [0.15, 0.2) is 11.5 Å². The fraction of sp³-hybridized carbons (Fsp3) is 0.364. The van der Waals surface area contributed by atoms with Gasteiger partial charge in [0.1, 0.15) is 6.29 Å². The number of methoxy groups -OCH3 is 1. The third-order valence-corrected chi connectivity index (χ3v) is 1.60. The van der Waals surface area contributed by atoms with Gasteiger partial charge in [0, 0.05) is 11.6 Å². The Balaban J connectivity index is 0.000000385. The summed E-state index contributed by atoms with van der Waals surface area (Å²) in [7, 11) is 1.43. The zero-order valence-corrected chi connectivity index (χ0v) is 9.60. The Bertz CT molecular complexity index is 326. The van der Waals surface area contributed by atoms with E-state index in [1.54, 1.807) is 0 Å². The summed E-state index contributed by atoms with van der Waals surface area (Å²) in [5.41, 5.74) is 2.51. The first-order valence-corrected chi connectivity index (χ1v) is 4.77. The second-order valence-corrected chi connectivity index (χ2v) is 3.33. The predicted octanol–water partition coefficient (Wildman–Crippen LogP) is 1.59. The van der Waals surface area contributed by atoms with Gasteiger partial charge in [-0.3, -0.25) is 4.79 Å². The van der Waals surface area contributed by atoms with Crippen molar-refractivity contribution in [3.63, 3.8) is 0 Å². The average molecular weight is 227 g/mol. The molecule has 0 aliphatic carbocycles. The van der Waals surface area contributed by atoms with E-state index in [1.165, 1.54) is 25.3 Å². The minimum absolute atomic E-state index is 0.0399. The molecule has 0 aromatic heterocycles. The molecule has 0 heterocycles. The summed E-state index contributed by atoms with van der Waals surface area (Å²) in [6.45, 7) is 3.72. The van der Waals surface area contributed by atoms with Gasteiger partial charge in [-0.25, -0.2) is 5.48 Å². The maximum Gasteiger partial charge on any atom is 0.161 e. The van der Waals surface area contributed by atoms with E-state index in [4.69, 9.17) is 15.1 Å². The molecule has 0 saturated carbocycles. The van der Waals surface area contributed by atoms with Gasteiger partial charge < -0.3 is 15.1 Å². The fourth-order valence-electron chi connectivity index (χ4n) is 0.768. The molecule has 5 nitrogen and oxygen atoms in total. The molecule has 0 unspecified atom stereocenters. The first kappa shape index (κ1) is 14.4. The first-order valence-electron chi connectivity index (χ1n) is 4.77. The highest BCUT2D eigenvalue weighted by atomic mass is 16.5. The third-order valence-electron chi connectivity index (χ3n) is 1.60. The monoisotopic (exact) mass is 227 g/mol. The Kier molecular flexibility index (Phi) is 6.91. The molecular formula is C11H17NO4. The molecule has 1 aromatic rings. The van der Waals surface area contributed by atoms with E-state index in [0.717, 1.165) is 0 Å². The zero-order chi connectivity index (χ0) is 12.6. The van der Waals surface area contributed by atoms with E-state index in [-0.39, 0.29) is 11.8 Å². The van der Waals surface area contributed by atoms with Crippen LogP contribution in [0.5, 0.6) is 11.5 Å². The normalized spacial score (nSPS) is 9.31. The molecule has 0 spiro atoms. The highest BCUT2D eigenvalue weighted by molar-refractivity contribution is 5.76. The van der Waals surface area contributed by atoms with Crippen molar-refractivity contribution >= 4 is 6.29 Å². The van der Waals surface area contributed by atoms with Crippen LogP contribution in [-0.2, 0) is 0 Å². The van der Waals surface area contributed by atoms with Gasteiger partial charge in [-0.15, -0.1) is 0 Å². The van der Waals surface area contributed by atoms with Crippen LogP contribution in [0.15, 0.2) is 18.2 Å². The second kappa shape index (κ2) is 7.67. The van der Waals surface area contributed by atoms with Crippen molar-refractivity contribution in [3.05, 3.63) is 23.8 Å². The zero-order valence-electron chi connectivity index (χ0n) is 9.60. The van der Waals surface area contributed by atoms with Crippen LogP contribution in [0.1, 0.15) is 24.2 Å². The lowest BCUT2D eigenvalue weighted by atomic mass is 10.2. The molecule has 3 N–H and O–H groups in total. The molecule has 0 amide bonds. The number of carbonyl (C=O) groups is 1. The molecule has 0 radical (unpaired) electrons. The van der Waals surface area contributed by atoms with Gasteiger partial charge in [0.25, 0.3) is 0 Å². The molecular weight excluding hydrogens is 210 g/mol. The summed E-state index contributed by atoms with van der Waals surface area (Å²) in [6.07, 6.45) is 0.696. The predicted molar refractivity (Wildman–Crippen MR) is 60.1 cm³/mol. The Morgan fingerprint density at radius 1 is 1.44 bits per heavy atom. The summed E-state index contributed by atoms with van der Waals surface area (Å²) in [5, 5.41) is 17.0. The van der Waals surface area contributed by atoms with E-state index in [9.17, 15) is 4.79 Å². The molecule has 0 bridgehead atoms. The second-order valence-electron chi connectivity index (χ2n) is 3.33. The van der Waals surface area contributed by atoms with E-state index < -0.39 is 0 Å². The number of carbonyl (C=O) groups excluding carboxylic acids is 1. The van der Waals surface area contributed by atoms with Crippen molar-refractivity contribution < 1.29 is 19.8 Å². The highest BCUT2D eigenvalue weighted by Crippen LogP contribution is 2.25. The van der Waals surface area contributed by atoms with Gasteiger partial charge >= 0.3 is 0 Å². The maximum atomic E-state index is 10.2. The number of hydroxylamine groups is 1. The number of hydrogen-bond acceptors (Lipinski definition) is 5. The van der Waals surface area contributed by atoms with Gasteiger partial charge in [-0.2, -0.15) is 0 Å². The number of phenolic OH excluding ortho intramolecular Hbond substituents is 1. The van der Waals surface area contributed by atoms with Crippen LogP contribution in [0.2, 0.25) is 0 Å².